The average molecular weight is 304 g/mol. The maximum Gasteiger partial charge on any atom is 0.0801 e. The molecule has 2 aliphatic rings. The topological polar surface area (TPSA) is 15.6 Å². The summed E-state index contributed by atoms with van der Waals surface area (Å²) in [5.41, 5.74) is 6.89. The Morgan fingerprint density at radius 1 is 1.04 bits per heavy atom. The minimum atomic E-state index is 0.375. The van der Waals surface area contributed by atoms with Crippen molar-refractivity contribution in [1.29, 1.82) is 0 Å². The number of aryl methyl sites for hydroxylation is 1. The molecule has 2 aromatic rings. The molecular formula is C21H24N2. The fourth-order valence-electron chi connectivity index (χ4n) is 4.09. The Morgan fingerprint density at radius 3 is 2.52 bits per heavy atom. The molecule has 2 heteroatoms. The molecule has 0 saturated heterocycles. The lowest BCUT2D eigenvalue weighted by atomic mass is 9.77. The van der Waals surface area contributed by atoms with Gasteiger partial charge in [0, 0.05) is 18.5 Å². The molecule has 0 N–H and O–H groups in total. The summed E-state index contributed by atoms with van der Waals surface area (Å²) in [5.74, 6) is 1.10. The van der Waals surface area contributed by atoms with Crippen molar-refractivity contribution < 1.29 is 0 Å². The van der Waals surface area contributed by atoms with E-state index in [0.29, 0.717) is 17.9 Å². The molecule has 0 bridgehead atoms. The van der Waals surface area contributed by atoms with E-state index in [-0.39, 0.29) is 0 Å². The van der Waals surface area contributed by atoms with E-state index >= 15 is 0 Å². The first-order valence-electron chi connectivity index (χ1n) is 8.64. The summed E-state index contributed by atoms with van der Waals surface area (Å²) in [6, 6.07) is 18.3. The third-order valence-electron chi connectivity index (χ3n) is 5.36. The molecular weight excluding hydrogens is 280 g/mol. The molecule has 4 rings (SSSR count). The predicted molar refractivity (Wildman–Crippen MR) is 95.8 cm³/mol. The lowest BCUT2D eigenvalue weighted by Crippen LogP contribution is -2.27. The van der Waals surface area contributed by atoms with Crippen molar-refractivity contribution in [2.24, 2.45) is 11.0 Å². The van der Waals surface area contributed by atoms with E-state index in [1.807, 2.05) is 0 Å². The fourth-order valence-corrected chi connectivity index (χ4v) is 4.09. The lowest BCUT2D eigenvalue weighted by Gasteiger charge is -2.29. The van der Waals surface area contributed by atoms with E-state index in [4.69, 9.17) is 5.10 Å². The molecule has 1 aliphatic heterocycles. The maximum absolute atomic E-state index is 4.92. The van der Waals surface area contributed by atoms with Gasteiger partial charge in [-0.2, -0.15) is 5.10 Å². The van der Waals surface area contributed by atoms with Crippen molar-refractivity contribution in [3.05, 3.63) is 70.8 Å². The second kappa shape index (κ2) is 5.52. The standard InChI is InChI=1S/C21H24N2/c1-14(2)15-8-10-17(11-9-15)21-19-13-12-16-6-4-5-7-18(16)20(19)22-23(21)3/h4-11,14,19,21H,12-13H2,1-3H3/t19-,21-/m1/s1. The number of nitrogens with zero attached hydrogens (tertiary/aromatic N) is 2. The maximum atomic E-state index is 4.92. The van der Waals surface area contributed by atoms with Crippen LogP contribution < -0.4 is 0 Å². The van der Waals surface area contributed by atoms with E-state index in [1.165, 1.54) is 34.4 Å². The van der Waals surface area contributed by atoms with Gasteiger partial charge < -0.3 is 0 Å². The minimum absolute atomic E-state index is 0.375. The quantitative estimate of drug-likeness (QED) is 0.781. The molecule has 118 valence electrons. The lowest BCUT2D eigenvalue weighted by molar-refractivity contribution is 0.244. The zero-order valence-corrected chi connectivity index (χ0v) is 14.2. The molecule has 2 atom stereocenters. The highest BCUT2D eigenvalue weighted by Crippen LogP contribution is 2.42. The van der Waals surface area contributed by atoms with E-state index in [0.717, 1.165) is 6.42 Å². The van der Waals surface area contributed by atoms with Crippen molar-refractivity contribution in [1.82, 2.24) is 5.01 Å². The summed E-state index contributed by atoms with van der Waals surface area (Å²) < 4.78 is 0. The van der Waals surface area contributed by atoms with Crippen LogP contribution >= 0.6 is 0 Å². The van der Waals surface area contributed by atoms with Crippen LogP contribution in [0.1, 0.15) is 54.5 Å². The summed E-state index contributed by atoms with van der Waals surface area (Å²) in [5, 5.41) is 7.09. The number of benzene rings is 2. The second-order valence-electron chi connectivity index (χ2n) is 7.13. The third kappa shape index (κ3) is 2.37. The number of hydrazone groups is 1. The van der Waals surface area contributed by atoms with Crippen molar-refractivity contribution >= 4 is 5.71 Å². The molecule has 0 unspecified atom stereocenters. The van der Waals surface area contributed by atoms with Gasteiger partial charge in [0.15, 0.2) is 0 Å². The van der Waals surface area contributed by atoms with Crippen molar-refractivity contribution in [2.45, 2.75) is 38.6 Å². The Bertz CT molecular complexity index is 743. The van der Waals surface area contributed by atoms with E-state index < -0.39 is 0 Å². The van der Waals surface area contributed by atoms with Gasteiger partial charge in [-0.1, -0.05) is 62.4 Å². The Balaban J connectivity index is 1.68. The van der Waals surface area contributed by atoms with Gasteiger partial charge >= 0.3 is 0 Å². The Labute approximate surface area is 138 Å². The van der Waals surface area contributed by atoms with E-state index in [9.17, 15) is 0 Å². The molecule has 0 amide bonds. The highest BCUT2D eigenvalue weighted by molar-refractivity contribution is 6.05. The predicted octanol–water partition coefficient (Wildman–Crippen LogP) is 4.76. The van der Waals surface area contributed by atoms with Crippen molar-refractivity contribution in [2.75, 3.05) is 7.05 Å². The third-order valence-corrected chi connectivity index (χ3v) is 5.36. The summed E-state index contributed by atoms with van der Waals surface area (Å²) in [4.78, 5) is 0. The van der Waals surface area contributed by atoms with Gasteiger partial charge in [-0.3, -0.25) is 5.01 Å². The van der Waals surface area contributed by atoms with E-state index in [2.05, 4.69) is 74.4 Å². The molecule has 0 fully saturated rings. The molecule has 1 heterocycles. The van der Waals surface area contributed by atoms with Gasteiger partial charge in [-0.15, -0.1) is 0 Å². The second-order valence-corrected chi connectivity index (χ2v) is 7.13. The molecule has 23 heavy (non-hydrogen) atoms. The van der Waals surface area contributed by atoms with Crippen LogP contribution in [-0.4, -0.2) is 17.8 Å². The van der Waals surface area contributed by atoms with Crippen LogP contribution in [0.3, 0.4) is 0 Å². The first-order chi connectivity index (χ1) is 11.1. The van der Waals surface area contributed by atoms with Gasteiger partial charge in [0.2, 0.25) is 0 Å². The summed E-state index contributed by atoms with van der Waals surface area (Å²) >= 11 is 0. The van der Waals surface area contributed by atoms with Crippen molar-refractivity contribution in [3.63, 3.8) is 0 Å². The number of hydrogen-bond donors (Lipinski definition) is 0. The average Bonchev–Trinajstić information content (AvgIpc) is 2.91. The largest absolute Gasteiger partial charge is 0.292 e. The van der Waals surface area contributed by atoms with Crippen LogP contribution in [0.4, 0.5) is 0 Å². The summed E-state index contributed by atoms with van der Waals surface area (Å²) in [6.45, 7) is 4.49. The van der Waals surface area contributed by atoms with Gasteiger partial charge in [0.25, 0.3) is 0 Å². The normalized spacial score (nSPS) is 22.8. The van der Waals surface area contributed by atoms with Gasteiger partial charge in [0.05, 0.1) is 11.8 Å². The molecule has 0 saturated carbocycles. The molecule has 1 aliphatic carbocycles. The Hall–Kier alpha value is -2.09. The fraction of sp³-hybridized carbons (Fsp3) is 0.381. The van der Waals surface area contributed by atoms with Crippen LogP contribution in [0, 0.1) is 5.92 Å². The molecule has 2 aromatic carbocycles. The van der Waals surface area contributed by atoms with Crippen LogP contribution in [0.25, 0.3) is 0 Å². The first kappa shape index (κ1) is 14.5. The zero-order valence-electron chi connectivity index (χ0n) is 14.2. The van der Waals surface area contributed by atoms with Crippen LogP contribution in [-0.2, 0) is 6.42 Å². The van der Waals surface area contributed by atoms with Gasteiger partial charge in [-0.25, -0.2) is 0 Å². The molecule has 0 radical (unpaired) electrons. The van der Waals surface area contributed by atoms with Crippen LogP contribution in [0.2, 0.25) is 0 Å². The SMILES string of the molecule is CC(C)c1ccc([C@@H]2[C@@H]3CCc4ccccc4C3=NN2C)cc1. The number of fused-ring (bicyclic) bond motifs is 3. The summed E-state index contributed by atoms with van der Waals surface area (Å²) in [6.07, 6.45) is 2.35. The van der Waals surface area contributed by atoms with Crippen LogP contribution in [0.15, 0.2) is 53.6 Å². The molecule has 0 spiro atoms. The van der Waals surface area contributed by atoms with E-state index in [1.54, 1.807) is 0 Å². The first-order valence-corrected chi connectivity index (χ1v) is 8.64. The Kier molecular flexibility index (Phi) is 3.48. The number of rotatable bonds is 2. The molecule has 0 aromatic heterocycles. The van der Waals surface area contributed by atoms with Gasteiger partial charge in [-0.05, 0) is 35.4 Å². The number of hydrogen-bond acceptors (Lipinski definition) is 2. The zero-order chi connectivity index (χ0) is 16.0. The highest BCUT2D eigenvalue weighted by atomic mass is 15.5. The molecule has 2 nitrogen and oxygen atoms in total. The smallest absolute Gasteiger partial charge is 0.0801 e. The monoisotopic (exact) mass is 304 g/mol. The highest BCUT2D eigenvalue weighted by Gasteiger charge is 2.39. The van der Waals surface area contributed by atoms with Gasteiger partial charge in [0.1, 0.15) is 0 Å². The minimum Gasteiger partial charge on any atom is -0.292 e. The van der Waals surface area contributed by atoms with Crippen LogP contribution in [0.5, 0.6) is 0 Å². The van der Waals surface area contributed by atoms with Crippen molar-refractivity contribution in [3.8, 4) is 0 Å². The summed E-state index contributed by atoms with van der Waals surface area (Å²) in [7, 11) is 2.12. The Morgan fingerprint density at radius 2 is 1.78 bits per heavy atom.